The Labute approximate surface area is 136 Å². The first kappa shape index (κ1) is 22.7. The van der Waals surface area contributed by atoms with Crippen LogP contribution in [0.3, 0.4) is 0 Å². The molecule has 10 heteroatoms. The maximum atomic E-state index is 11.1. The van der Waals surface area contributed by atoms with Gasteiger partial charge in [0, 0.05) is 6.42 Å². The molecule has 0 spiro atoms. The van der Waals surface area contributed by atoms with Gasteiger partial charge in [-0.05, 0) is 18.9 Å². The van der Waals surface area contributed by atoms with E-state index in [4.69, 9.17) is 14.7 Å². The smallest absolute Gasteiger partial charge is 0.302 e. The zero-order valence-corrected chi connectivity index (χ0v) is 14.9. The highest BCUT2D eigenvalue weighted by Crippen LogP contribution is 2.57. The molecule has 0 rings (SSSR count). The van der Waals surface area contributed by atoms with E-state index in [1.807, 2.05) is 0 Å². The van der Waals surface area contributed by atoms with Crippen LogP contribution >= 0.6 is 15.6 Å². The number of carbonyl (C=O) groups excluding carboxylic acids is 1. The second-order valence-corrected chi connectivity index (χ2v) is 7.95. The van der Waals surface area contributed by atoms with Crippen LogP contribution in [0.15, 0.2) is 12.7 Å². The van der Waals surface area contributed by atoms with Crippen LogP contribution in [0.2, 0.25) is 0 Å². The summed E-state index contributed by atoms with van der Waals surface area (Å²) in [7, 11) is -9.74. The number of phosphoric ester groups is 1. The summed E-state index contributed by atoms with van der Waals surface area (Å²) in [6, 6.07) is 0. The first-order valence-corrected chi connectivity index (χ1v) is 10.6. The zero-order valence-electron chi connectivity index (χ0n) is 13.1. The summed E-state index contributed by atoms with van der Waals surface area (Å²) >= 11 is 0. The lowest BCUT2D eigenvalue weighted by molar-refractivity contribution is -0.114. The van der Waals surface area contributed by atoms with Gasteiger partial charge in [-0.1, -0.05) is 45.1 Å². The zero-order chi connectivity index (χ0) is 17.8. The van der Waals surface area contributed by atoms with Crippen LogP contribution in [-0.4, -0.2) is 27.1 Å². The van der Waals surface area contributed by atoms with Gasteiger partial charge in [-0.25, -0.2) is 9.13 Å². The molecule has 0 bridgehead atoms. The molecule has 0 aliphatic carbocycles. The van der Waals surface area contributed by atoms with Crippen LogP contribution in [0.4, 0.5) is 0 Å². The van der Waals surface area contributed by atoms with E-state index in [2.05, 4.69) is 15.4 Å². The molecular formula is C13H26O8P2. The molecule has 0 aromatic carbocycles. The maximum absolute atomic E-state index is 11.1. The minimum Gasteiger partial charge on any atom is -0.302 e. The summed E-state index contributed by atoms with van der Waals surface area (Å²) < 4.78 is 29.7. The van der Waals surface area contributed by atoms with Crippen LogP contribution in [0.25, 0.3) is 0 Å². The van der Waals surface area contributed by atoms with Gasteiger partial charge in [-0.3, -0.25) is 9.32 Å². The SMILES string of the molecule is C=CC(=O)CCCCCCCCCCOP(=O)(O)OP(=O)(O)O. The fourth-order valence-corrected chi connectivity index (χ4v) is 3.53. The molecule has 8 nitrogen and oxygen atoms in total. The van der Waals surface area contributed by atoms with Crippen LogP contribution < -0.4 is 0 Å². The molecule has 0 heterocycles. The molecular weight excluding hydrogens is 346 g/mol. The molecule has 0 aliphatic heterocycles. The summed E-state index contributed by atoms with van der Waals surface area (Å²) in [5.41, 5.74) is 0. The van der Waals surface area contributed by atoms with Crippen LogP contribution in [0.5, 0.6) is 0 Å². The average Bonchev–Trinajstić information content (AvgIpc) is 2.41. The fourth-order valence-electron chi connectivity index (χ4n) is 1.90. The van der Waals surface area contributed by atoms with E-state index in [1.54, 1.807) is 0 Å². The molecule has 3 N–H and O–H groups in total. The van der Waals surface area contributed by atoms with Gasteiger partial charge in [0.05, 0.1) is 6.61 Å². The second kappa shape index (κ2) is 12.1. The van der Waals surface area contributed by atoms with Crippen molar-refractivity contribution in [3.8, 4) is 0 Å². The van der Waals surface area contributed by atoms with Crippen molar-refractivity contribution in [2.24, 2.45) is 0 Å². The molecule has 0 aliphatic rings. The molecule has 0 aromatic heterocycles. The van der Waals surface area contributed by atoms with Gasteiger partial charge in [0.2, 0.25) is 0 Å². The lowest BCUT2D eigenvalue weighted by Gasteiger charge is -2.12. The predicted octanol–water partition coefficient (Wildman–Crippen LogP) is 3.48. The van der Waals surface area contributed by atoms with Crippen molar-refractivity contribution in [2.45, 2.75) is 57.8 Å². The van der Waals surface area contributed by atoms with E-state index in [1.165, 1.54) is 6.08 Å². The van der Waals surface area contributed by atoms with Gasteiger partial charge in [0.25, 0.3) is 0 Å². The Kier molecular flexibility index (Phi) is 11.9. The van der Waals surface area contributed by atoms with Crippen LogP contribution in [0.1, 0.15) is 57.8 Å². The highest BCUT2D eigenvalue weighted by molar-refractivity contribution is 7.60. The monoisotopic (exact) mass is 372 g/mol. The van der Waals surface area contributed by atoms with Gasteiger partial charge in [0.15, 0.2) is 5.78 Å². The van der Waals surface area contributed by atoms with Crippen molar-refractivity contribution >= 4 is 21.4 Å². The number of allylic oxidation sites excluding steroid dienone is 1. The number of hydrogen-bond acceptors (Lipinski definition) is 5. The topological polar surface area (TPSA) is 130 Å². The molecule has 0 radical (unpaired) electrons. The Morgan fingerprint density at radius 2 is 1.39 bits per heavy atom. The lowest BCUT2D eigenvalue weighted by atomic mass is 10.1. The van der Waals surface area contributed by atoms with Crippen molar-refractivity contribution < 1.29 is 37.4 Å². The largest absolute Gasteiger partial charge is 0.481 e. The Bertz CT molecular complexity index is 445. The first-order valence-electron chi connectivity index (χ1n) is 7.56. The average molecular weight is 372 g/mol. The Hall–Kier alpha value is -0.330. The van der Waals surface area contributed by atoms with Crippen molar-refractivity contribution in [3.63, 3.8) is 0 Å². The van der Waals surface area contributed by atoms with Crippen molar-refractivity contribution in [1.29, 1.82) is 0 Å². The summed E-state index contributed by atoms with van der Waals surface area (Å²) in [6.45, 7) is 3.32. The third kappa shape index (κ3) is 16.3. The summed E-state index contributed by atoms with van der Waals surface area (Å²) in [5.74, 6) is 0.0777. The molecule has 0 amide bonds. The number of carbonyl (C=O) groups is 1. The normalized spacial score (nSPS) is 14.4. The Morgan fingerprint density at radius 1 is 0.913 bits per heavy atom. The van der Waals surface area contributed by atoms with Gasteiger partial charge in [-0.2, -0.15) is 4.31 Å². The van der Waals surface area contributed by atoms with E-state index in [0.717, 1.165) is 44.9 Å². The molecule has 136 valence electrons. The molecule has 0 fully saturated rings. The van der Waals surface area contributed by atoms with E-state index in [9.17, 15) is 13.9 Å². The summed E-state index contributed by atoms with van der Waals surface area (Å²) in [4.78, 5) is 36.8. The minimum atomic E-state index is -5.04. The lowest BCUT2D eigenvalue weighted by Crippen LogP contribution is -1.96. The van der Waals surface area contributed by atoms with Crippen molar-refractivity contribution in [3.05, 3.63) is 12.7 Å². The first-order chi connectivity index (χ1) is 10.7. The highest BCUT2D eigenvalue weighted by Gasteiger charge is 2.31. The summed E-state index contributed by atoms with van der Waals surface area (Å²) in [5, 5.41) is 0. The third-order valence-electron chi connectivity index (χ3n) is 3.01. The van der Waals surface area contributed by atoms with Crippen LogP contribution in [-0.2, 0) is 22.8 Å². The quantitative estimate of drug-likeness (QED) is 0.226. The van der Waals surface area contributed by atoms with Gasteiger partial charge >= 0.3 is 15.6 Å². The standard InChI is InChI=1S/C13H26O8P2/c1-2-13(14)11-9-7-5-3-4-6-8-10-12-20-23(18,19)21-22(15,16)17/h2H,1,3-12H2,(H,18,19)(H2,15,16,17). The van der Waals surface area contributed by atoms with Crippen molar-refractivity contribution in [2.75, 3.05) is 6.61 Å². The van der Waals surface area contributed by atoms with Gasteiger partial charge in [0.1, 0.15) is 0 Å². The minimum absolute atomic E-state index is 0.0777. The van der Waals surface area contributed by atoms with E-state index in [0.29, 0.717) is 12.8 Å². The fraction of sp³-hybridized carbons (Fsp3) is 0.769. The molecule has 23 heavy (non-hydrogen) atoms. The van der Waals surface area contributed by atoms with Gasteiger partial charge < -0.3 is 14.7 Å². The van der Waals surface area contributed by atoms with E-state index in [-0.39, 0.29) is 12.4 Å². The van der Waals surface area contributed by atoms with E-state index < -0.39 is 15.6 Å². The molecule has 0 aromatic rings. The van der Waals surface area contributed by atoms with Gasteiger partial charge in [-0.15, -0.1) is 0 Å². The Balaban J connectivity index is 3.43. The highest BCUT2D eigenvalue weighted by atomic mass is 31.3. The number of phosphoric acid groups is 2. The van der Waals surface area contributed by atoms with Crippen LogP contribution in [0, 0.1) is 0 Å². The third-order valence-corrected chi connectivity index (χ3v) is 5.19. The molecule has 1 atom stereocenters. The van der Waals surface area contributed by atoms with Crippen molar-refractivity contribution in [1.82, 2.24) is 0 Å². The summed E-state index contributed by atoms with van der Waals surface area (Å²) in [6.07, 6.45) is 9.14. The number of rotatable bonds is 15. The number of ketones is 1. The van der Waals surface area contributed by atoms with E-state index >= 15 is 0 Å². The second-order valence-electron chi connectivity index (χ2n) is 5.12. The molecule has 0 saturated carbocycles. The maximum Gasteiger partial charge on any atom is 0.481 e. The predicted molar refractivity (Wildman–Crippen MR) is 85.7 cm³/mol. The number of unbranched alkanes of at least 4 members (excludes halogenated alkanes) is 7. The Morgan fingerprint density at radius 3 is 1.87 bits per heavy atom. The molecule has 1 unspecified atom stereocenters. The number of hydrogen-bond donors (Lipinski definition) is 3. The molecule has 0 saturated heterocycles.